The van der Waals surface area contributed by atoms with Gasteiger partial charge in [0.15, 0.2) is 16.8 Å². The standard InChI is InChI=1S/C29H22ClN3O2S/c1-35-26-17-11-23(12-18-26)28-31-32-29(33(28)25-15-13-24(30)14-16-25)36-19-27(34)22-9-7-21(8-10-22)20-5-3-2-4-6-20/h2-18H,19H2,1H3. The SMILES string of the molecule is COc1ccc(-c2nnc(SCC(=O)c3ccc(-c4ccccc4)cc3)n2-c2ccc(Cl)cc2)cc1. The van der Waals surface area contributed by atoms with Crippen molar-refractivity contribution in [2.45, 2.75) is 5.16 Å². The van der Waals surface area contributed by atoms with Crippen LogP contribution >= 0.6 is 23.4 Å². The number of hydrogen-bond donors (Lipinski definition) is 0. The van der Waals surface area contributed by atoms with Crippen LogP contribution in [0.4, 0.5) is 0 Å². The van der Waals surface area contributed by atoms with Crippen LogP contribution in [-0.2, 0) is 0 Å². The highest BCUT2D eigenvalue weighted by Gasteiger charge is 2.18. The Labute approximate surface area is 218 Å². The summed E-state index contributed by atoms with van der Waals surface area (Å²) in [6.45, 7) is 0. The van der Waals surface area contributed by atoms with E-state index in [1.807, 2.05) is 95.6 Å². The molecule has 0 saturated carbocycles. The molecule has 5 rings (SSSR count). The zero-order valence-electron chi connectivity index (χ0n) is 19.5. The van der Waals surface area contributed by atoms with Crippen molar-refractivity contribution in [3.05, 3.63) is 114 Å². The molecule has 0 radical (unpaired) electrons. The predicted octanol–water partition coefficient (Wildman–Crippen LogP) is 7.24. The van der Waals surface area contributed by atoms with Crippen LogP contribution in [0.15, 0.2) is 108 Å². The average molecular weight is 512 g/mol. The summed E-state index contributed by atoms with van der Waals surface area (Å²) in [6.07, 6.45) is 0. The zero-order valence-corrected chi connectivity index (χ0v) is 21.0. The number of thioether (sulfide) groups is 1. The first kappa shape index (κ1) is 23.9. The van der Waals surface area contributed by atoms with Gasteiger partial charge in [-0.2, -0.15) is 0 Å². The minimum Gasteiger partial charge on any atom is -0.497 e. The number of halogens is 1. The van der Waals surface area contributed by atoms with Crippen LogP contribution in [0.2, 0.25) is 5.02 Å². The molecule has 0 atom stereocenters. The lowest BCUT2D eigenvalue weighted by molar-refractivity contribution is 0.102. The Kier molecular flexibility index (Phi) is 7.16. The highest BCUT2D eigenvalue weighted by molar-refractivity contribution is 7.99. The van der Waals surface area contributed by atoms with Crippen molar-refractivity contribution in [1.82, 2.24) is 14.8 Å². The Morgan fingerprint density at radius 3 is 2.11 bits per heavy atom. The monoisotopic (exact) mass is 511 g/mol. The lowest BCUT2D eigenvalue weighted by Gasteiger charge is -2.11. The highest BCUT2D eigenvalue weighted by atomic mass is 35.5. The molecule has 0 saturated heterocycles. The van der Waals surface area contributed by atoms with E-state index in [0.29, 0.717) is 21.6 Å². The van der Waals surface area contributed by atoms with E-state index in [1.54, 1.807) is 7.11 Å². The van der Waals surface area contributed by atoms with E-state index in [9.17, 15) is 4.79 Å². The van der Waals surface area contributed by atoms with Gasteiger partial charge in [-0.05, 0) is 59.7 Å². The number of nitrogens with zero attached hydrogens (tertiary/aromatic N) is 3. The van der Waals surface area contributed by atoms with Gasteiger partial charge in [-0.1, -0.05) is 78.0 Å². The molecule has 0 N–H and O–H groups in total. The molecule has 178 valence electrons. The van der Waals surface area contributed by atoms with Crippen LogP contribution < -0.4 is 4.74 Å². The Bertz CT molecular complexity index is 1470. The number of ether oxygens (including phenoxy) is 1. The van der Waals surface area contributed by atoms with Crippen molar-refractivity contribution >= 4 is 29.1 Å². The predicted molar refractivity (Wildman–Crippen MR) is 145 cm³/mol. The minimum atomic E-state index is 0.0243. The molecule has 0 fully saturated rings. The summed E-state index contributed by atoms with van der Waals surface area (Å²) >= 11 is 7.47. The van der Waals surface area contributed by atoms with Crippen LogP contribution in [0.3, 0.4) is 0 Å². The molecular formula is C29H22ClN3O2S. The first-order valence-corrected chi connectivity index (χ1v) is 12.7. The van der Waals surface area contributed by atoms with E-state index in [0.717, 1.165) is 28.1 Å². The van der Waals surface area contributed by atoms with Gasteiger partial charge >= 0.3 is 0 Å². The maximum Gasteiger partial charge on any atom is 0.196 e. The van der Waals surface area contributed by atoms with Crippen molar-refractivity contribution in [3.63, 3.8) is 0 Å². The average Bonchev–Trinajstić information content (AvgIpc) is 3.36. The Balaban J connectivity index is 1.39. The molecule has 0 unspecified atom stereocenters. The lowest BCUT2D eigenvalue weighted by Crippen LogP contribution is -2.05. The molecule has 0 amide bonds. The van der Waals surface area contributed by atoms with Gasteiger partial charge < -0.3 is 4.74 Å². The lowest BCUT2D eigenvalue weighted by atomic mass is 10.0. The van der Waals surface area contributed by atoms with Crippen molar-refractivity contribution < 1.29 is 9.53 Å². The first-order chi connectivity index (χ1) is 17.6. The zero-order chi connectivity index (χ0) is 24.9. The van der Waals surface area contributed by atoms with Gasteiger partial charge in [-0.25, -0.2) is 0 Å². The first-order valence-electron chi connectivity index (χ1n) is 11.3. The quantitative estimate of drug-likeness (QED) is 0.162. The Hall–Kier alpha value is -3.87. The van der Waals surface area contributed by atoms with Crippen LogP contribution in [0, 0.1) is 0 Å². The molecule has 36 heavy (non-hydrogen) atoms. The summed E-state index contributed by atoms with van der Waals surface area (Å²) in [4.78, 5) is 13.0. The summed E-state index contributed by atoms with van der Waals surface area (Å²) in [6, 6.07) is 32.9. The molecule has 4 aromatic carbocycles. The fraction of sp³-hybridized carbons (Fsp3) is 0.0690. The second-order valence-corrected chi connectivity index (χ2v) is 9.38. The topological polar surface area (TPSA) is 57.0 Å². The van der Waals surface area contributed by atoms with E-state index in [2.05, 4.69) is 22.3 Å². The summed E-state index contributed by atoms with van der Waals surface area (Å²) in [7, 11) is 1.63. The highest BCUT2D eigenvalue weighted by Crippen LogP contribution is 2.30. The third-order valence-corrected chi connectivity index (χ3v) is 6.89. The van der Waals surface area contributed by atoms with E-state index in [-0.39, 0.29) is 11.5 Å². The van der Waals surface area contributed by atoms with E-state index in [1.165, 1.54) is 11.8 Å². The molecule has 0 aliphatic rings. The van der Waals surface area contributed by atoms with Gasteiger partial charge in [0.25, 0.3) is 0 Å². The normalized spacial score (nSPS) is 10.8. The van der Waals surface area contributed by atoms with Crippen molar-refractivity contribution in [2.75, 3.05) is 12.9 Å². The second kappa shape index (κ2) is 10.8. The van der Waals surface area contributed by atoms with Gasteiger partial charge in [0, 0.05) is 21.8 Å². The molecule has 0 bridgehead atoms. The number of benzene rings is 4. The molecule has 1 heterocycles. The number of methoxy groups -OCH3 is 1. The minimum absolute atomic E-state index is 0.0243. The molecule has 5 nitrogen and oxygen atoms in total. The van der Waals surface area contributed by atoms with Gasteiger partial charge in [-0.3, -0.25) is 9.36 Å². The number of carbonyl (C=O) groups excluding carboxylic acids is 1. The number of carbonyl (C=O) groups is 1. The van der Waals surface area contributed by atoms with Crippen LogP contribution in [0.5, 0.6) is 5.75 Å². The van der Waals surface area contributed by atoms with Gasteiger partial charge in [-0.15, -0.1) is 10.2 Å². The third kappa shape index (κ3) is 5.20. The Morgan fingerprint density at radius 1 is 0.806 bits per heavy atom. The summed E-state index contributed by atoms with van der Waals surface area (Å²) in [5, 5.41) is 10.1. The number of ketones is 1. The van der Waals surface area contributed by atoms with Crippen LogP contribution in [-0.4, -0.2) is 33.4 Å². The molecule has 0 spiro atoms. The molecular weight excluding hydrogens is 490 g/mol. The van der Waals surface area contributed by atoms with E-state index in [4.69, 9.17) is 16.3 Å². The van der Waals surface area contributed by atoms with E-state index < -0.39 is 0 Å². The molecule has 0 aliphatic carbocycles. The summed E-state index contributed by atoms with van der Waals surface area (Å²) in [5.41, 5.74) is 4.60. The molecule has 0 aliphatic heterocycles. The van der Waals surface area contributed by atoms with Gasteiger partial charge in [0.2, 0.25) is 0 Å². The summed E-state index contributed by atoms with van der Waals surface area (Å²) in [5.74, 6) is 1.69. The fourth-order valence-corrected chi connectivity index (χ4v) is 4.78. The molecule has 1 aromatic heterocycles. The number of Topliss-reactive ketones (excluding diaryl/α,β-unsaturated/α-hetero) is 1. The van der Waals surface area contributed by atoms with Crippen molar-refractivity contribution in [2.24, 2.45) is 0 Å². The second-order valence-electron chi connectivity index (χ2n) is 8.00. The fourth-order valence-electron chi connectivity index (χ4n) is 3.81. The van der Waals surface area contributed by atoms with Crippen molar-refractivity contribution in [1.29, 1.82) is 0 Å². The van der Waals surface area contributed by atoms with Crippen molar-refractivity contribution in [3.8, 4) is 34.0 Å². The summed E-state index contributed by atoms with van der Waals surface area (Å²) < 4.78 is 7.22. The largest absolute Gasteiger partial charge is 0.497 e. The maximum atomic E-state index is 13.0. The Morgan fingerprint density at radius 2 is 1.44 bits per heavy atom. The smallest absolute Gasteiger partial charge is 0.196 e. The van der Waals surface area contributed by atoms with Crippen LogP contribution in [0.25, 0.3) is 28.2 Å². The van der Waals surface area contributed by atoms with Gasteiger partial charge in [0.05, 0.1) is 12.9 Å². The molecule has 5 aromatic rings. The van der Waals surface area contributed by atoms with E-state index >= 15 is 0 Å². The number of hydrogen-bond acceptors (Lipinski definition) is 5. The van der Waals surface area contributed by atoms with Crippen LogP contribution in [0.1, 0.15) is 10.4 Å². The third-order valence-electron chi connectivity index (χ3n) is 5.71. The van der Waals surface area contributed by atoms with Gasteiger partial charge in [0.1, 0.15) is 5.75 Å². The maximum absolute atomic E-state index is 13.0. The number of rotatable bonds is 8. The number of aromatic nitrogens is 3. The molecule has 7 heteroatoms.